The molecule has 6 nitrogen and oxygen atoms in total. The van der Waals surface area contributed by atoms with Gasteiger partial charge in [0, 0.05) is 18.7 Å². The number of thioether (sulfide) groups is 1. The molecule has 0 spiro atoms. The summed E-state index contributed by atoms with van der Waals surface area (Å²) in [6.07, 6.45) is 2.22. The van der Waals surface area contributed by atoms with Gasteiger partial charge in [-0.05, 0) is 49.9 Å². The number of aromatic nitrogens is 3. The summed E-state index contributed by atoms with van der Waals surface area (Å²) in [6, 6.07) is 16.3. The number of nitrogens with zero attached hydrogens (tertiary/aromatic N) is 3. The summed E-state index contributed by atoms with van der Waals surface area (Å²) in [5.41, 5.74) is 4.41. The lowest BCUT2D eigenvalue weighted by molar-refractivity contribution is -0.119. The highest BCUT2D eigenvalue weighted by Crippen LogP contribution is 2.28. The van der Waals surface area contributed by atoms with Gasteiger partial charge in [0.15, 0.2) is 11.0 Å². The van der Waals surface area contributed by atoms with Crippen LogP contribution in [0.4, 0.5) is 0 Å². The third-order valence-corrected chi connectivity index (χ3v) is 6.23. The van der Waals surface area contributed by atoms with E-state index in [2.05, 4.69) is 47.6 Å². The molecule has 0 aliphatic carbocycles. The average Bonchev–Trinajstić information content (AvgIpc) is 3.43. The van der Waals surface area contributed by atoms with Gasteiger partial charge in [0.05, 0.1) is 17.5 Å². The van der Waals surface area contributed by atoms with Crippen LogP contribution in [0.25, 0.3) is 17.1 Å². The lowest BCUT2D eigenvalue weighted by Gasteiger charge is -2.13. The van der Waals surface area contributed by atoms with Crippen molar-refractivity contribution in [3.63, 3.8) is 0 Å². The fourth-order valence-corrected chi connectivity index (χ4v) is 4.23. The summed E-state index contributed by atoms with van der Waals surface area (Å²) in [5.74, 6) is 1.03. The van der Waals surface area contributed by atoms with Crippen molar-refractivity contribution in [1.29, 1.82) is 0 Å². The molecule has 3 aromatic rings. The van der Waals surface area contributed by atoms with Crippen LogP contribution in [-0.2, 0) is 9.53 Å². The van der Waals surface area contributed by atoms with Crippen molar-refractivity contribution in [3.8, 4) is 17.1 Å². The lowest BCUT2D eigenvalue weighted by atomic mass is 10.1. The summed E-state index contributed by atoms with van der Waals surface area (Å²) < 4.78 is 7.60. The van der Waals surface area contributed by atoms with E-state index in [4.69, 9.17) is 4.74 Å². The van der Waals surface area contributed by atoms with Gasteiger partial charge >= 0.3 is 0 Å². The van der Waals surface area contributed by atoms with Crippen LogP contribution in [-0.4, -0.2) is 45.7 Å². The van der Waals surface area contributed by atoms with Crippen molar-refractivity contribution < 1.29 is 9.53 Å². The summed E-state index contributed by atoms with van der Waals surface area (Å²) in [4.78, 5) is 12.4. The average molecular weight is 423 g/mol. The lowest BCUT2D eigenvalue weighted by Crippen LogP contribution is -2.32. The highest BCUT2D eigenvalue weighted by atomic mass is 32.2. The van der Waals surface area contributed by atoms with Gasteiger partial charge in [-0.15, -0.1) is 10.2 Å². The number of benzene rings is 2. The first-order chi connectivity index (χ1) is 14.6. The molecular formula is C23H26N4O2S. The van der Waals surface area contributed by atoms with Gasteiger partial charge in [0.1, 0.15) is 0 Å². The van der Waals surface area contributed by atoms with Crippen LogP contribution in [0.2, 0.25) is 0 Å². The Morgan fingerprint density at radius 2 is 2.00 bits per heavy atom. The Morgan fingerprint density at radius 3 is 2.73 bits per heavy atom. The molecule has 1 aliphatic rings. The molecule has 2 heterocycles. The van der Waals surface area contributed by atoms with E-state index in [1.54, 1.807) is 0 Å². The minimum absolute atomic E-state index is 0.0219. The first-order valence-electron chi connectivity index (χ1n) is 10.2. The molecular weight excluding hydrogens is 396 g/mol. The van der Waals surface area contributed by atoms with E-state index in [-0.39, 0.29) is 17.8 Å². The molecule has 0 radical (unpaired) electrons. The minimum atomic E-state index is -0.0219. The Hall–Kier alpha value is -2.64. The number of nitrogens with one attached hydrogen (secondary N) is 1. The number of amides is 1. The maximum Gasteiger partial charge on any atom is 0.230 e. The molecule has 0 bridgehead atoms. The van der Waals surface area contributed by atoms with Gasteiger partial charge in [0.2, 0.25) is 5.91 Å². The number of ether oxygens (including phenoxy) is 1. The van der Waals surface area contributed by atoms with Gasteiger partial charge in [-0.3, -0.25) is 9.36 Å². The van der Waals surface area contributed by atoms with Crippen LogP contribution in [0, 0.1) is 13.8 Å². The first kappa shape index (κ1) is 20.6. The predicted octanol–water partition coefficient (Wildman–Crippen LogP) is 3.94. The molecule has 0 saturated carbocycles. The third kappa shape index (κ3) is 4.74. The maximum atomic E-state index is 12.4. The molecule has 156 valence electrons. The van der Waals surface area contributed by atoms with E-state index in [1.165, 1.54) is 22.9 Å². The highest BCUT2D eigenvalue weighted by Gasteiger charge is 2.19. The molecule has 1 amide bonds. The number of rotatable bonds is 7. The van der Waals surface area contributed by atoms with E-state index in [0.717, 1.165) is 36.5 Å². The van der Waals surface area contributed by atoms with Crippen molar-refractivity contribution in [2.45, 2.75) is 37.9 Å². The Morgan fingerprint density at radius 1 is 1.17 bits per heavy atom. The van der Waals surface area contributed by atoms with Crippen LogP contribution in [0.15, 0.2) is 53.7 Å². The zero-order valence-electron chi connectivity index (χ0n) is 17.3. The minimum Gasteiger partial charge on any atom is -0.376 e. The normalized spacial score (nSPS) is 16.0. The topological polar surface area (TPSA) is 69.0 Å². The third-order valence-electron chi connectivity index (χ3n) is 5.30. The number of carbonyl (C=O) groups is 1. The Balaban J connectivity index is 1.55. The maximum absolute atomic E-state index is 12.4. The van der Waals surface area contributed by atoms with E-state index in [9.17, 15) is 4.79 Å². The van der Waals surface area contributed by atoms with E-state index in [1.807, 2.05) is 34.9 Å². The molecule has 30 heavy (non-hydrogen) atoms. The standard InChI is InChI=1S/C23H26N4O2S/c1-16-10-11-19(13-17(16)2)27-22(18-7-4-3-5-8-18)25-26-23(27)30-15-21(28)24-14-20-9-6-12-29-20/h3-5,7-8,10-11,13,20H,6,9,12,14-15H2,1-2H3,(H,24,28). The van der Waals surface area contributed by atoms with Gasteiger partial charge in [-0.25, -0.2) is 0 Å². The number of hydrogen-bond acceptors (Lipinski definition) is 5. The van der Waals surface area contributed by atoms with E-state index < -0.39 is 0 Å². The second-order valence-electron chi connectivity index (χ2n) is 7.50. The van der Waals surface area contributed by atoms with E-state index >= 15 is 0 Å². The fraction of sp³-hybridized carbons (Fsp3) is 0.348. The van der Waals surface area contributed by atoms with Gasteiger partial charge in [0.25, 0.3) is 0 Å². The van der Waals surface area contributed by atoms with Gasteiger partial charge in [-0.2, -0.15) is 0 Å². The molecule has 1 unspecified atom stereocenters. The molecule has 4 rings (SSSR count). The Kier molecular flexibility index (Phi) is 6.50. The predicted molar refractivity (Wildman–Crippen MR) is 119 cm³/mol. The summed E-state index contributed by atoms with van der Waals surface area (Å²) in [7, 11) is 0. The second-order valence-corrected chi connectivity index (χ2v) is 8.45. The molecule has 1 atom stereocenters. The van der Waals surface area contributed by atoms with Crippen LogP contribution in [0.5, 0.6) is 0 Å². The van der Waals surface area contributed by atoms with Crippen molar-refractivity contribution >= 4 is 17.7 Å². The first-order valence-corrected chi connectivity index (χ1v) is 11.2. The zero-order chi connectivity index (χ0) is 20.9. The molecule has 1 N–H and O–H groups in total. The van der Waals surface area contributed by atoms with E-state index in [0.29, 0.717) is 11.7 Å². The molecule has 1 fully saturated rings. The fourth-order valence-electron chi connectivity index (χ4n) is 3.45. The van der Waals surface area contributed by atoms with Crippen LogP contribution in [0.3, 0.4) is 0 Å². The summed E-state index contributed by atoms with van der Waals surface area (Å²) >= 11 is 1.39. The summed E-state index contributed by atoms with van der Waals surface area (Å²) in [6.45, 7) is 5.54. The Labute approximate surface area is 181 Å². The monoisotopic (exact) mass is 422 g/mol. The van der Waals surface area contributed by atoms with Crippen molar-refractivity contribution in [2.75, 3.05) is 18.9 Å². The summed E-state index contributed by atoms with van der Waals surface area (Å²) in [5, 5.41) is 12.5. The zero-order valence-corrected chi connectivity index (χ0v) is 18.1. The molecule has 1 saturated heterocycles. The molecule has 1 aromatic heterocycles. The van der Waals surface area contributed by atoms with Gasteiger partial charge in [-0.1, -0.05) is 48.2 Å². The Bertz CT molecular complexity index is 1010. The number of hydrogen-bond donors (Lipinski definition) is 1. The smallest absolute Gasteiger partial charge is 0.230 e. The number of carbonyl (C=O) groups excluding carboxylic acids is 1. The largest absolute Gasteiger partial charge is 0.376 e. The SMILES string of the molecule is Cc1ccc(-n2c(SCC(=O)NCC3CCCO3)nnc2-c2ccccc2)cc1C. The highest BCUT2D eigenvalue weighted by molar-refractivity contribution is 7.99. The molecule has 1 aliphatic heterocycles. The quantitative estimate of drug-likeness (QED) is 0.584. The van der Waals surface area contributed by atoms with Gasteiger partial charge < -0.3 is 10.1 Å². The number of aryl methyl sites for hydroxylation is 2. The van der Waals surface area contributed by atoms with Crippen LogP contribution < -0.4 is 5.32 Å². The van der Waals surface area contributed by atoms with Crippen molar-refractivity contribution in [3.05, 3.63) is 59.7 Å². The van der Waals surface area contributed by atoms with Crippen LogP contribution in [0.1, 0.15) is 24.0 Å². The van der Waals surface area contributed by atoms with Crippen molar-refractivity contribution in [2.24, 2.45) is 0 Å². The van der Waals surface area contributed by atoms with Crippen LogP contribution >= 0.6 is 11.8 Å². The second kappa shape index (κ2) is 9.45. The molecule has 7 heteroatoms. The van der Waals surface area contributed by atoms with Crippen molar-refractivity contribution in [1.82, 2.24) is 20.1 Å². The molecule has 2 aromatic carbocycles.